The maximum Gasteiger partial charge on any atom is 0.248 e. The predicted octanol–water partition coefficient (Wildman–Crippen LogP) is 2.65. The average molecular weight is 246 g/mol. The minimum Gasteiger partial charge on any atom is -0.465 e. The van der Waals surface area contributed by atoms with E-state index in [-0.39, 0.29) is 5.69 Å². The standard InChI is InChI=1S/C13H11FN2O2/c14-9-3-5-11(15)12(8-9)16-13(17)6-4-10-2-1-7-18-10/h1-8H,15H2,(H,16,17). The van der Waals surface area contributed by atoms with E-state index in [1.165, 1.54) is 30.5 Å². The summed E-state index contributed by atoms with van der Waals surface area (Å²) < 4.78 is 18.0. The Hall–Kier alpha value is -2.56. The van der Waals surface area contributed by atoms with Crippen LogP contribution in [0.5, 0.6) is 0 Å². The van der Waals surface area contributed by atoms with Gasteiger partial charge in [0.2, 0.25) is 5.91 Å². The Kier molecular flexibility index (Phi) is 3.43. The fraction of sp³-hybridized carbons (Fsp3) is 0. The molecule has 4 nitrogen and oxygen atoms in total. The van der Waals surface area contributed by atoms with Crippen molar-refractivity contribution in [2.24, 2.45) is 0 Å². The second kappa shape index (κ2) is 5.18. The molecule has 1 amide bonds. The van der Waals surface area contributed by atoms with Gasteiger partial charge in [-0.1, -0.05) is 0 Å². The molecule has 92 valence electrons. The van der Waals surface area contributed by atoms with E-state index in [1.54, 1.807) is 12.1 Å². The normalized spacial score (nSPS) is 10.7. The van der Waals surface area contributed by atoms with Gasteiger partial charge in [0.05, 0.1) is 17.6 Å². The van der Waals surface area contributed by atoms with Crippen molar-refractivity contribution in [2.45, 2.75) is 0 Å². The number of hydrogen-bond donors (Lipinski definition) is 2. The van der Waals surface area contributed by atoms with Crippen molar-refractivity contribution < 1.29 is 13.6 Å². The first-order chi connectivity index (χ1) is 8.65. The monoisotopic (exact) mass is 246 g/mol. The zero-order valence-electron chi connectivity index (χ0n) is 9.39. The summed E-state index contributed by atoms with van der Waals surface area (Å²) in [6, 6.07) is 7.20. The van der Waals surface area contributed by atoms with Gasteiger partial charge < -0.3 is 15.5 Å². The van der Waals surface area contributed by atoms with Gasteiger partial charge in [0.15, 0.2) is 0 Å². The number of nitrogens with two attached hydrogens (primary N) is 1. The van der Waals surface area contributed by atoms with Crippen LogP contribution < -0.4 is 11.1 Å². The van der Waals surface area contributed by atoms with E-state index < -0.39 is 11.7 Å². The van der Waals surface area contributed by atoms with Gasteiger partial charge in [-0.3, -0.25) is 4.79 Å². The van der Waals surface area contributed by atoms with Gasteiger partial charge in [0.25, 0.3) is 0 Å². The Morgan fingerprint density at radius 3 is 2.94 bits per heavy atom. The van der Waals surface area contributed by atoms with Crippen molar-refractivity contribution in [3.63, 3.8) is 0 Å². The number of nitrogen functional groups attached to an aromatic ring is 1. The van der Waals surface area contributed by atoms with Crippen LogP contribution >= 0.6 is 0 Å². The number of nitrogens with one attached hydrogen (secondary N) is 1. The third-order valence-corrected chi connectivity index (χ3v) is 2.22. The summed E-state index contributed by atoms with van der Waals surface area (Å²) in [5.74, 6) is -0.324. The summed E-state index contributed by atoms with van der Waals surface area (Å²) in [4.78, 5) is 11.6. The van der Waals surface area contributed by atoms with Crippen molar-refractivity contribution in [2.75, 3.05) is 11.1 Å². The Bertz CT molecular complexity index is 577. The summed E-state index contributed by atoms with van der Waals surface area (Å²) in [6.07, 6.45) is 4.29. The van der Waals surface area contributed by atoms with Gasteiger partial charge in [0, 0.05) is 6.08 Å². The fourth-order valence-corrected chi connectivity index (χ4v) is 1.36. The van der Waals surface area contributed by atoms with E-state index in [2.05, 4.69) is 5.32 Å². The highest BCUT2D eigenvalue weighted by atomic mass is 19.1. The number of carbonyl (C=O) groups is 1. The number of hydrogen-bond acceptors (Lipinski definition) is 3. The number of rotatable bonds is 3. The van der Waals surface area contributed by atoms with Crippen LogP contribution in [0.2, 0.25) is 0 Å². The molecule has 0 aliphatic heterocycles. The first-order valence-electron chi connectivity index (χ1n) is 5.23. The molecular formula is C13H11FN2O2. The molecule has 1 heterocycles. The number of anilines is 2. The van der Waals surface area contributed by atoms with Crippen LogP contribution in [0.4, 0.5) is 15.8 Å². The topological polar surface area (TPSA) is 68.3 Å². The van der Waals surface area contributed by atoms with Crippen molar-refractivity contribution in [1.82, 2.24) is 0 Å². The quantitative estimate of drug-likeness (QED) is 0.646. The first kappa shape index (κ1) is 11.9. The smallest absolute Gasteiger partial charge is 0.248 e. The number of amides is 1. The van der Waals surface area contributed by atoms with Crippen molar-refractivity contribution >= 4 is 23.4 Å². The molecule has 1 aromatic carbocycles. The summed E-state index contributed by atoms with van der Waals surface area (Å²) in [5.41, 5.74) is 6.15. The third-order valence-electron chi connectivity index (χ3n) is 2.22. The molecule has 0 spiro atoms. The zero-order valence-corrected chi connectivity index (χ0v) is 9.39. The van der Waals surface area contributed by atoms with Crippen LogP contribution in [-0.4, -0.2) is 5.91 Å². The van der Waals surface area contributed by atoms with Crippen molar-refractivity contribution in [1.29, 1.82) is 0 Å². The molecule has 0 bridgehead atoms. The van der Waals surface area contributed by atoms with E-state index in [4.69, 9.17) is 10.2 Å². The molecule has 2 rings (SSSR count). The average Bonchev–Trinajstić information content (AvgIpc) is 2.84. The zero-order chi connectivity index (χ0) is 13.0. The first-order valence-corrected chi connectivity index (χ1v) is 5.23. The fourth-order valence-electron chi connectivity index (χ4n) is 1.36. The highest BCUT2D eigenvalue weighted by Gasteiger charge is 2.03. The molecule has 0 radical (unpaired) electrons. The Morgan fingerprint density at radius 1 is 1.39 bits per heavy atom. The second-order valence-corrected chi connectivity index (χ2v) is 3.57. The van der Waals surface area contributed by atoms with Gasteiger partial charge in [0.1, 0.15) is 11.6 Å². The maximum absolute atomic E-state index is 13.0. The molecule has 0 aliphatic carbocycles. The van der Waals surface area contributed by atoms with Gasteiger partial charge in [-0.2, -0.15) is 0 Å². The van der Waals surface area contributed by atoms with Crippen LogP contribution in [0.25, 0.3) is 6.08 Å². The molecule has 0 unspecified atom stereocenters. The highest BCUT2D eigenvalue weighted by Crippen LogP contribution is 2.19. The number of furan rings is 1. The summed E-state index contributed by atoms with van der Waals surface area (Å²) >= 11 is 0. The molecular weight excluding hydrogens is 235 g/mol. The van der Waals surface area contributed by atoms with Crippen LogP contribution in [0.3, 0.4) is 0 Å². The van der Waals surface area contributed by atoms with E-state index in [1.807, 2.05) is 0 Å². The van der Waals surface area contributed by atoms with Crippen LogP contribution in [-0.2, 0) is 4.79 Å². The van der Waals surface area contributed by atoms with Gasteiger partial charge in [-0.25, -0.2) is 4.39 Å². The Labute approximate surface area is 103 Å². The molecule has 5 heteroatoms. The minimum atomic E-state index is -0.463. The number of halogens is 1. The lowest BCUT2D eigenvalue weighted by molar-refractivity contribution is -0.111. The molecule has 2 aromatic rings. The summed E-state index contributed by atoms with van der Waals surface area (Å²) in [7, 11) is 0. The molecule has 3 N–H and O–H groups in total. The molecule has 0 saturated carbocycles. The van der Waals surface area contributed by atoms with E-state index in [9.17, 15) is 9.18 Å². The largest absolute Gasteiger partial charge is 0.465 e. The lowest BCUT2D eigenvalue weighted by Gasteiger charge is -2.05. The molecule has 0 saturated heterocycles. The number of carbonyl (C=O) groups excluding carboxylic acids is 1. The van der Waals surface area contributed by atoms with E-state index in [0.29, 0.717) is 11.4 Å². The third kappa shape index (κ3) is 2.98. The van der Waals surface area contributed by atoms with Gasteiger partial charge in [-0.15, -0.1) is 0 Å². The van der Waals surface area contributed by atoms with E-state index in [0.717, 1.165) is 6.07 Å². The molecule has 0 atom stereocenters. The van der Waals surface area contributed by atoms with Crippen LogP contribution in [0.1, 0.15) is 5.76 Å². The maximum atomic E-state index is 13.0. The van der Waals surface area contributed by atoms with Gasteiger partial charge >= 0.3 is 0 Å². The molecule has 0 fully saturated rings. The molecule has 18 heavy (non-hydrogen) atoms. The second-order valence-electron chi connectivity index (χ2n) is 3.57. The van der Waals surface area contributed by atoms with E-state index >= 15 is 0 Å². The number of benzene rings is 1. The SMILES string of the molecule is Nc1ccc(F)cc1NC(=O)C=Cc1ccco1. The summed E-state index contributed by atoms with van der Waals surface area (Å²) in [6.45, 7) is 0. The van der Waals surface area contributed by atoms with Crippen LogP contribution in [0, 0.1) is 5.82 Å². The minimum absolute atomic E-state index is 0.240. The van der Waals surface area contributed by atoms with Crippen molar-refractivity contribution in [3.8, 4) is 0 Å². The van der Waals surface area contributed by atoms with Gasteiger partial charge in [-0.05, 0) is 36.4 Å². The Morgan fingerprint density at radius 2 is 2.22 bits per heavy atom. The van der Waals surface area contributed by atoms with Crippen molar-refractivity contribution in [3.05, 3.63) is 54.2 Å². The Balaban J connectivity index is 2.05. The molecule has 1 aromatic heterocycles. The summed E-state index contributed by atoms with van der Waals surface area (Å²) in [5, 5.41) is 2.48. The van der Waals surface area contributed by atoms with Crippen LogP contribution in [0.15, 0.2) is 47.1 Å². The molecule has 0 aliphatic rings. The lowest BCUT2D eigenvalue weighted by Crippen LogP contribution is -2.09. The predicted molar refractivity (Wildman–Crippen MR) is 67.2 cm³/mol. The highest BCUT2D eigenvalue weighted by molar-refractivity contribution is 6.03. The lowest BCUT2D eigenvalue weighted by atomic mass is 10.2.